The largest absolute Gasteiger partial charge is 0.495 e. The minimum absolute atomic E-state index is 0.127. The maximum Gasteiger partial charge on any atom is 0.241 e. The summed E-state index contributed by atoms with van der Waals surface area (Å²) in [5, 5.41) is 5.12. The zero-order valence-corrected chi connectivity index (χ0v) is 10.9. The van der Waals surface area contributed by atoms with Crippen molar-refractivity contribution in [3.8, 4) is 16.9 Å². The molecule has 0 atom stereocenters. The van der Waals surface area contributed by atoms with E-state index in [1.165, 1.54) is 25.3 Å². The van der Waals surface area contributed by atoms with Crippen LogP contribution in [0.25, 0.3) is 11.1 Å². The van der Waals surface area contributed by atoms with Crippen molar-refractivity contribution in [1.29, 1.82) is 0 Å². The molecule has 0 spiro atoms. The molecule has 6 heteroatoms. The normalized spacial score (nSPS) is 11.3. The highest BCUT2D eigenvalue weighted by atomic mass is 32.2. The summed E-state index contributed by atoms with van der Waals surface area (Å²) >= 11 is 0. The lowest BCUT2D eigenvalue weighted by Gasteiger charge is -2.09. The van der Waals surface area contributed by atoms with Gasteiger partial charge in [-0.1, -0.05) is 24.3 Å². The lowest BCUT2D eigenvalue weighted by Crippen LogP contribution is -2.13. The molecule has 0 amide bonds. The Bertz CT molecular complexity index is 714. The Morgan fingerprint density at radius 3 is 2.42 bits per heavy atom. The van der Waals surface area contributed by atoms with Gasteiger partial charge in [0.25, 0.3) is 0 Å². The Labute approximate surface area is 110 Å². The monoisotopic (exact) mass is 281 g/mol. The van der Waals surface area contributed by atoms with Crippen LogP contribution in [0.1, 0.15) is 0 Å². The highest BCUT2D eigenvalue weighted by Crippen LogP contribution is 2.30. The molecular formula is C13H12FNO3S. The molecule has 0 heterocycles. The van der Waals surface area contributed by atoms with Gasteiger partial charge in [0.15, 0.2) is 0 Å². The Hall–Kier alpha value is -1.92. The van der Waals surface area contributed by atoms with E-state index >= 15 is 0 Å². The van der Waals surface area contributed by atoms with Gasteiger partial charge in [0.1, 0.15) is 16.5 Å². The van der Waals surface area contributed by atoms with Crippen LogP contribution in [0.2, 0.25) is 0 Å². The van der Waals surface area contributed by atoms with E-state index in [1.54, 1.807) is 24.3 Å². The van der Waals surface area contributed by atoms with E-state index in [9.17, 15) is 12.8 Å². The summed E-state index contributed by atoms with van der Waals surface area (Å²) in [6, 6.07) is 10.4. The summed E-state index contributed by atoms with van der Waals surface area (Å²) < 4.78 is 41.6. The second kappa shape index (κ2) is 4.99. The summed E-state index contributed by atoms with van der Waals surface area (Å²) in [6.07, 6.45) is 0. The topological polar surface area (TPSA) is 69.4 Å². The Morgan fingerprint density at radius 2 is 1.84 bits per heavy atom. The van der Waals surface area contributed by atoms with Crippen molar-refractivity contribution in [2.24, 2.45) is 5.14 Å². The third kappa shape index (κ3) is 2.74. The summed E-state index contributed by atoms with van der Waals surface area (Å²) in [4.78, 5) is -0.171. The Balaban J connectivity index is 2.66. The molecule has 19 heavy (non-hydrogen) atoms. The highest BCUT2D eigenvalue weighted by molar-refractivity contribution is 7.89. The predicted molar refractivity (Wildman–Crippen MR) is 69.8 cm³/mol. The van der Waals surface area contributed by atoms with E-state index in [-0.39, 0.29) is 10.6 Å². The predicted octanol–water partition coefficient (Wildman–Crippen LogP) is 2.15. The van der Waals surface area contributed by atoms with E-state index in [1.807, 2.05) is 0 Å². The van der Waals surface area contributed by atoms with Gasteiger partial charge >= 0.3 is 0 Å². The van der Waals surface area contributed by atoms with E-state index in [0.29, 0.717) is 11.1 Å². The zero-order chi connectivity index (χ0) is 14.0. The van der Waals surface area contributed by atoms with Crippen molar-refractivity contribution in [2.45, 2.75) is 4.90 Å². The summed E-state index contributed by atoms with van der Waals surface area (Å²) in [7, 11) is -2.60. The Morgan fingerprint density at radius 1 is 1.16 bits per heavy atom. The summed E-state index contributed by atoms with van der Waals surface area (Å²) in [6.45, 7) is 0. The van der Waals surface area contributed by atoms with Gasteiger partial charge < -0.3 is 4.74 Å². The zero-order valence-electron chi connectivity index (χ0n) is 10.1. The number of hydrogen-bond donors (Lipinski definition) is 1. The molecule has 0 aliphatic rings. The average Bonchev–Trinajstić information content (AvgIpc) is 2.37. The van der Waals surface area contributed by atoms with Gasteiger partial charge in [-0.05, 0) is 23.8 Å². The summed E-state index contributed by atoms with van der Waals surface area (Å²) in [5.74, 6) is -0.310. The Kier molecular flexibility index (Phi) is 3.55. The number of primary sulfonamides is 1. The molecule has 0 radical (unpaired) electrons. The van der Waals surface area contributed by atoms with Crippen molar-refractivity contribution < 1.29 is 17.5 Å². The first-order valence-corrected chi connectivity index (χ1v) is 6.94. The van der Waals surface area contributed by atoms with Gasteiger partial charge in [0, 0.05) is 5.56 Å². The molecule has 0 bridgehead atoms. The molecule has 2 rings (SSSR count). The molecule has 100 valence electrons. The van der Waals surface area contributed by atoms with Crippen molar-refractivity contribution in [1.82, 2.24) is 0 Å². The average molecular weight is 281 g/mol. The van der Waals surface area contributed by atoms with E-state index < -0.39 is 15.8 Å². The van der Waals surface area contributed by atoms with Crippen molar-refractivity contribution >= 4 is 10.0 Å². The summed E-state index contributed by atoms with van der Waals surface area (Å²) in [5.41, 5.74) is 0.720. The number of benzene rings is 2. The SMILES string of the molecule is COc1ccc(-c2ccccc2F)cc1S(N)(=O)=O. The van der Waals surface area contributed by atoms with E-state index in [2.05, 4.69) is 0 Å². The van der Waals surface area contributed by atoms with Gasteiger partial charge in [-0.2, -0.15) is 0 Å². The smallest absolute Gasteiger partial charge is 0.241 e. The molecule has 0 saturated carbocycles. The van der Waals surface area contributed by atoms with Gasteiger partial charge in [0.05, 0.1) is 7.11 Å². The second-order valence-electron chi connectivity index (χ2n) is 3.89. The van der Waals surface area contributed by atoms with Crippen LogP contribution in [0.5, 0.6) is 5.75 Å². The van der Waals surface area contributed by atoms with Gasteiger partial charge in [0.2, 0.25) is 10.0 Å². The molecule has 0 aromatic heterocycles. The molecule has 2 aromatic rings. The van der Waals surface area contributed by atoms with Crippen molar-refractivity contribution in [3.63, 3.8) is 0 Å². The van der Waals surface area contributed by atoms with Crippen LogP contribution >= 0.6 is 0 Å². The molecule has 2 aromatic carbocycles. The van der Waals surface area contributed by atoms with Crippen LogP contribution in [-0.2, 0) is 10.0 Å². The highest BCUT2D eigenvalue weighted by Gasteiger charge is 2.16. The first kappa shape index (κ1) is 13.5. The van der Waals surface area contributed by atoms with Crippen LogP contribution in [0, 0.1) is 5.82 Å². The lowest BCUT2D eigenvalue weighted by molar-refractivity contribution is 0.403. The number of methoxy groups -OCH3 is 1. The number of rotatable bonds is 3. The number of hydrogen-bond acceptors (Lipinski definition) is 3. The van der Waals surface area contributed by atoms with E-state index in [4.69, 9.17) is 9.88 Å². The maximum absolute atomic E-state index is 13.7. The quantitative estimate of drug-likeness (QED) is 0.937. The van der Waals surface area contributed by atoms with Gasteiger partial charge in [-0.3, -0.25) is 0 Å². The number of ether oxygens (including phenoxy) is 1. The maximum atomic E-state index is 13.7. The minimum Gasteiger partial charge on any atom is -0.495 e. The van der Waals surface area contributed by atoms with Crippen LogP contribution in [-0.4, -0.2) is 15.5 Å². The van der Waals surface area contributed by atoms with Crippen molar-refractivity contribution in [2.75, 3.05) is 7.11 Å². The van der Waals surface area contributed by atoms with Crippen molar-refractivity contribution in [3.05, 3.63) is 48.3 Å². The molecule has 0 aliphatic heterocycles. The lowest BCUT2D eigenvalue weighted by atomic mass is 10.1. The second-order valence-corrected chi connectivity index (χ2v) is 5.42. The molecule has 0 aliphatic carbocycles. The molecule has 4 nitrogen and oxygen atoms in total. The third-order valence-corrected chi connectivity index (χ3v) is 3.59. The van der Waals surface area contributed by atoms with Gasteiger partial charge in [-0.25, -0.2) is 17.9 Å². The molecule has 0 unspecified atom stereocenters. The van der Waals surface area contributed by atoms with Crippen LogP contribution in [0.3, 0.4) is 0 Å². The van der Waals surface area contributed by atoms with Crippen LogP contribution < -0.4 is 9.88 Å². The standard InChI is InChI=1S/C13H12FNO3S/c1-18-12-7-6-9(8-13(12)19(15,16)17)10-4-2-3-5-11(10)14/h2-8H,1H3,(H2,15,16,17). The minimum atomic E-state index is -3.94. The molecular weight excluding hydrogens is 269 g/mol. The molecule has 2 N–H and O–H groups in total. The fourth-order valence-corrected chi connectivity index (χ4v) is 2.48. The van der Waals surface area contributed by atoms with Crippen LogP contribution in [0.15, 0.2) is 47.4 Å². The number of nitrogens with two attached hydrogens (primary N) is 1. The van der Waals surface area contributed by atoms with E-state index in [0.717, 1.165) is 0 Å². The fourth-order valence-electron chi connectivity index (χ4n) is 1.76. The molecule has 0 fully saturated rings. The number of halogens is 1. The fraction of sp³-hybridized carbons (Fsp3) is 0.0769. The number of sulfonamides is 1. The first-order valence-electron chi connectivity index (χ1n) is 5.39. The van der Waals surface area contributed by atoms with Crippen LogP contribution in [0.4, 0.5) is 4.39 Å². The third-order valence-electron chi connectivity index (χ3n) is 2.66. The molecule has 0 saturated heterocycles. The first-order chi connectivity index (χ1) is 8.93. The van der Waals surface area contributed by atoms with Gasteiger partial charge in [-0.15, -0.1) is 0 Å².